The Kier molecular flexibility index (Phi) is 4.17. The van der Waals surface area contributed by atoms with Crippen LogP contribution in [0.1, 0.15) is 43.3 Å². The molecule has 1 aliphatic heterocycles. The van der Waals surface area contributed by atoms with Crippen molar-refractivity contribution in [2.75, 3.05) is 13.1 Å². The van der Waals surface area contributed by atoms with Crippen LogP contribution in [0.3, 0.4) is 0 Å². The van der Waals surface area contributed by atoms with Gasteiger partial charge >= 0.3 is 0 Å². The molecule has 1 aliphatic carbocycles. The maximum atomic E-state index is 5.83. The van der Waals surface area contributed by atoms with Gasteiger partial charge in [0.05, 0.1) is 0 Å². The van der Waals surface area contributed by atoms with E-state index in [9.17, 15) is 0 Å². The third-order valence-corrected chi connectivity index (χ3v) is 4.69. The highest BCUT2D eigenvalue weighted by molar-refractivity contribution is 6.66. The highest BCUT2D eigenvalue weighted by Gasteiger charge is 2.36. The van der Waals surface area contributed by atoms with Gasteiger partial charge in [0.15, 0.2) is 5.82 Å². The number of rotatable bonds is 2. The van der Waals surface area contributed by atoms with Crippen LogP contribution in [0.4, 0.5) is 0 Å². The SMILES string of the molecule is NC1CN(C2CCC(c3noc(C(Cl)(Cl)Cl)n3)CC2)C1. The monoisotopic (exact) mass is 338 g/mol. The first-order valence-corrected chi connectivity index (χ1v) is 7.97. The predicted molar refractivity (Wildman–Crippen MR) is 78.1 cm³/mol. The molecule has 20 heavy (non-hydrogen) atoms. The molecule has 2 heterocycles. The van der Waals surface area contributed by atoms with Crippen LogP contribution in [0.2, 0.25) is 0 Å². The van der Waals surface area contributed by atoms with Gasteiger partial charge in [-0.25, -0.2) is 0 Å². The van der Waals surface area contributed by atoms with E-state index in [0.29, 0.717) is 23.8 Å². The highest BCUT2D eigenvalue weighted by atomic mass is 35.6. The lowest BCUT2D eigenvalue weighted by molar-refractivity contribution is 0.0672. The fraction of sp³-hybridized carbons (Fsp3) is 0.833. The van der Waals surface area contributed by atoms with Crippen molar-refractivity contribution in [3.05, 3.63) is 11.7 Å². The second-order valence-electron chi connectivity index (χ2n) is 5.67. The summed E-state index contributed by atoms with van der Waals surface area (Å²) in [6, 6.07) is 1.00. The van der Waals surface area contributed by atoms with Gasteiger partial charge < -0.3 is 10.3 Å². The molecule has 0 atom stereocenters. The van der Waals surface area contributed by atoms with Crippen molar-refractivity contribution in [2.24, 2.45) is 5.73 Å². The average Bonchev–Trinajstić information content (AvgIpc) is 2.85. The molecule has 1 saturated heterocycles. The molecule has 5 nitrogen and oxygen atoms in total. The van der Waals surface area contributed by atoms with Crippen molar-refractivity contribution in [1.82, 2.24) is 15.0 Å². The molecular weight excluding hydrogens is 323 g/mol. The standard InChI is InChI=1S/C12H17Cl3N4O/c13-12(14,15)11-17-10(18-20-11)7-1-3-9(4-2-7)19-5-8(16)6-19/h7-9H,1-6,16H2. The molecule has 2 N–H and O–H groups in total. The van der Waals surface area contributed by atoms with E-state index >= 15 is 0 Å². The molecule has 0 unspecified atom stereocenters. The first-order valence-electron chi connectivity index (χ1n) is 6.84. The zero-order chi connectivity index (χ0) is 14.3. The quantitative estimate of drug-likeness (QED) is 0.839. The summed E-state index contributed by atoms with van der Waals surface area (Å²) in [5.41, 5.74) is 5.83. The molecule has 112 valence electrons. The van der Waals surface area contributed by atoms with Crippen molar-refractivity contribution < 1.29 is 4.52 Å². The molecule has 1 aromatic rings. The summed E-state index contributed by atoms with van der Waals surface area (Å²) in [6.45, 7) is 2.05. The first kappa shape index (κ1) is 14.9. The molecule has 0 bridgehead atoms. The van der Waals surface area contributed by atoms with Crippen LogP contribution in [0.25, 0.3) is 0 Å². The van der Waals surface area contributed by atoms with E-state index in [1.165, 1.54) is 0 Å². The third kappa shape index (κ3) is 3.07. The van der Waals surface area contributed by atoms with E-state index in [0.717, 1.165) is 38.8 Å². The van der Waals surface area contributed by atoms with E-state index < -0.39 is 3.79 Å². The molecule has 0 aromatic carbocycles. The molecule has 2 fully saturated rings. The summed E-state index contributed by atoms with van der Waals surface area (Å²) >= 11 is 17.2. The Morgan fingerprint density at radius 2 is 1.80 bits per heavy atom. The number of nitrogens with zero attached hydrogens (tertiary/aromatic N) is 3. The fourth-order valence-electron chi connectivity index (χ4n) is 3.06. The van der Waals surface area contributed by atoms with Gasteiger partial charge in [-0.3, -0.25) is 4.90 Å². The van der Waals surface area contributed by atoms with Crippen molar-refractivity contribution >= 4 is 34.8 Å². The van der Waals surface area contributed by atoms with E-state index in [2.05, 4.69) is 15.0 Å². The lowest BCUT2D eigenvalue weighted by atomic mass is 9.83. The highest BCUT2D eigenvalue weighted by Crippen LogP contribution is 2.39. The number of aromatic nitrogens is 2. The Balaban J connectivity index is 1.56. The number of hydrogen-bond acceptors (Lipinski definition) is 5. The first-order chi connectivity index (χ1) is 9.43. The van der Waals surface area contributed by atoms with Crippen molar-refractivity contribution in [2.45, 2.75) is 47.5 Å². The lowest BCUT2D eigenvalue weighted by Gasteiger charge is -2.45. The summed E-state index contributed by atoms with van der Waals surface area (Å²) < 4.78 is 3.38. The lowest BCUT2D eigenvalue weighted by Crippen LogP contribution is -2.59. The molecule has 2 aliphatic rings. The van der Waals surface area contributed by atoms with Crippen LogP contribution in [-0.4, -0.2) is 40.2 Å². The van der Waals surface area contributed by atoms with E-state index in [1.54, 1.807) is 0 Å². The van der Waals surface area contributed by atoms with Gasteiger partial charge in [-0.2, -0.15) is 4.98 Å². The van der Waals surface area contributed by atoms with Gasteiger partial charge in [0.2, 0.25) is 0 Å². The van der Waals surface area contributed by atoms with Crippen LogP contribution in [0, 0.1) is 0 Å². The van der Waals surface area contributed by atoms with Gasteiger partial charge in [0.25, 0.3) is 9.68 Å². The molecule has 1 saturated carbocycles. The van der Waals surface area contributed by atoms with Crippen molar-refractivity contribution in [3.63, 3.8) is 0 Å². The van der Waals surface area contributed by atoms with Crippen LogP contribution in [0.15, 0.2) is 4.52 Å². The number of nitrogens with two attached hydrogens (primary N) is 1. The second kappa shape index (κ2) is 5.61. The normalized spacial score (nSPS) is 29.4. The zero-order valence-electron chi connectivity index (χ0n) is 10.9. The predicted octanol–water partition coefficient (Wildman–Crippen LogP) is 2.57. The van der Waals surface area contributed by atoms with Crippen LogP contribution in [0.5, 0.6) is 0 Å². The molecule has 3 rings (SSSR count). The molecular formula is C12H17Cl3N4O. The molecule has 1 aromatic heterocycles. The van der Waals surface area contributed by atoms with E-state index in [4.69, 9.17) is 45.1 Å². The van der Waals surface area contributed by atoms with Crippen LogP contribution in [-0.2, 0) is 3.79 Å². The number of alkyl halides is 3. The molecule has 0 radical (unpaired) electrons. The molecule has 0 spiro atoms. The maximum absolute atomic E-state index is 5.83. The largest absolute Gasteiger partial charge is 0.335 e. The third-order valence-electron chi connectivity index (χ3n) is 4.20. The van der Waals surface area contributed by atoms with Gasteiger partial charge in [-0.15, -0.1) is 0 Å². The Labute approximate surface area is 132 Å². The fourth-order valence-corrected chi connectivity index (χ4v) is 3.29. The summed E-state index contributed by atoms with van der Waals surface area (Å²) in [6.07, 6.45) is 4.34. The summed E-state index contributed by atoms with van der Waals surface area (Å²) in [5.74, 6) is 1.00. The Bertz CT molecular complexity index is 462. The Hall–Kier alpha value is -0.0700. The smallest absolute Gasteiger partial charge is 0.278 e. The summed E-state index contributed by atoms with van der Waals surface area (Å²) in [4.78, 5) is 6.68. The van der Waals surface area contributed by atoms with Crippen molar-refractivity contribution in [1.29, 1.82) is 0 Å². The van der Waals surface area contributed by atoms with Gasteiger partial charge in [-0.1, -0.05) is 40.0 Å². The topological polar surface area (TPSA) is 68.2 Å². The Morgan fingerprint density at radius 3 is 2.30 bits per heavy atom. The number of likely N-dealkylation sites (tertiary alicyclic amines) is 1. The zero-order valence-corrected chi connectivity index (χ0v) is 13.2. The number of hydrogen-bond donors (Lipinski definition) is 1. The van der Waals surface area contributed by atoms with E-state index in [-0.39, 0.29) is 5.89 Å². The Morgan fingerprint density at radius 1 is 1.15 bits per heavy atom. The van der Waals surface area contributed by atoms with E-state index in [1.807, 2.05) is 0 Å². The second-order valence-corrected chi connectivity index (χ2v) is 7.96. The summed E-state index contributed by atoms with van der Waals surface area (Å²) in [5, 5.41) is 3.95. The maximum Gasteiger partial charge on any atom is 0.278 e. The molecule has 8 heteroatoms. The summed E-state index contributed by atoms with van der Waals surface area (Å²) in [7, 11) is 0. The molecule has 0 amide bonds. The minimum atomic E-state index is -1.64. The van der Waals surface area contributed by atoms with Gasteiger partial charge in [0.1, 0.15) is 0 Å². The van der Waals surface area contributed by atoms with Crippen LogP contribution < -0.4 is 5.73 Å². The van der Waals surface area contributed by atoms with Gasteiger partial charge in [-0.05, 0) is 25.7 Å². The number of halogens is 3. The van der Waals surface area contributed by atoms with Crippen LogP contribution >= 0.6 is 34.8 Å². The minimum Gasteiger partial charge on any atom is -0.335 e. The minimum absolute atomic E-state index is 0.0494. The van der Waals surface area contributed by atoms with Gasteiger partial charge in [0, 0.05) is 31.1 Å². The average molecular weight is 340 g/mol. The van der Waals surface area contributed by atoms with Crippen molar-refractivity contribution in [3.8, 4) is 0 Å².